The van der Waals surface area contributed by atoms with E-state index in [9.17, 15) is 5.11 Å². The summed E-state index contributed by atoms with van der Waals surface area (Å²) in [7, 11) is 0. The molecular formula is C9H17NO2. The van der Waals surface area contributed by atoms with E-state index in [0.29, 0.717) is 19.1 Å². The van der Waals surface area contributed by atoms with E-state index in [1.54, 1.807) is 0 Å². The van der Waals surface area contributed by atoms with Crippen LogP contribution in [0.2, 0.25) is 0 Å². The van der Waals surface area contributed by atoms with Crippen LogP contribution in [-0.2, 0) is 4.74 Å². The molecule has 0 aromatic heterocycles. The Kier molecular flexibility index (Phi) is 2.10. The summed E-state index contributed by atoms with van der Waals surface area (Å²) < 4.78 is 5.66. The average Bonchev–Trinajstić information content (AvgIpc) is 2.45. The first-order valence-electron chi connectivity index (χ1n) is 4.82. The number of nitrogens with two attached hydrogens (primary N) is 1. The van der Waals surface area contributed by atoms with E-state index in [1.807, 2.05) is 0 Å². The van der Waals surface area contributed by atoms with Crippen molar-refractivity contribution in [2.45, 2.75) is 49.9 Å². The molecule has 2 fully saturated rings. The lowest BCUT2D eigenvalue weighted by atomic mass is 9.87. The van der Waals surface area contributed by atoms with Crippen molar-refractivity contribution in [1.29, 1.82) is 0 Å². The highest BCUT2D eigenvalue weighted by molar-refractivity contribution is 4.97. The zero-order valence-corrected chi connectivity index (χ0v) is 7.33. The molecule has 0 spiro atoms. The van der Waals surface area contributed by atoms with Crippen LogP contribution in [0.3, 0.4) is 0 Å². The normalized spacial score (nSPS) is 46.5. The number of fused-ring (bicyclic) bond motifs is 2. The van der Waals surface area contributed by atoms with Crippen LogP contribution in [0.5, 0.6) is 0 Å². The third-order valence-electron chi connectivity index (χ3n) is 3.18. The van der Waals surface area contributed by atoms with Gasteiger partial charge in [0.25, 0.3) is 0 Å². The minimum atomic E-state index is -0.609. The van der Waals surface area contributed by atoms with Crippen LogP contribution in [0, 0.1) is 0 Å². The molecule has 0 radical (unpaired) electrons. The largest absolute Gasteiger partial charge is 0.387 e. The number of hydrogen-bond acceptors (Lipinski definition) is 3. The van der Waals surface area contributed by atoms with Crippen molar-refractivity contribution in [2.24, 2.45) is 5.73 Å². The Morgan fingerprint density at radius 1 is 1.42 bits per heavy atom. The Balaban J connectivity index is 2.05. The van der Waals surface area contributed by atoms with E-state index >= 15 is 0 Å². The first-order chi connectivity index (χ1) is 5.74. The Hall–Kier alpha value is -0.120. The van der Waals surface area contributed by atoms with Gasteiger partial charge < -0.3 is 15.6 Å². The fourth-order valence-electron chi connectivity index (χ4n) is 2.42. The topological polar surface area (TPSA) is 55.5 Å². The third kappa shape index (κ3) is 1.26. The number of hydrogen-bond donors (Lipinski definition) is 2. The van der Waals surface area contributed by atoms with E-state index in [0.717, 1.165) is 25.7 Å². The summed E-state index contributed by atoms with van der Waals surface area (Å²) in [5, 5.41) is 10.2. The van der Waals surface area contributed by atoms with Gasteiger partial charge in [0.05, 0.1) is 17.8 Å². The van der Waals surface area contributed by atoms with E-state index in [-0.39, 0.29) is 6.10 Å². The second-order valence-corrected chi connectivity index (χ2v) is 4.01. The van der Waals surface area contributed by atoms with Gasteiger partial charge in [0.1, 0.15) is 0 Å². The number of rotatable bonds is 2. The molecular weight excluding hydrogens is 154 g/mol. The fourth-order valence-corrected chi connectivity index (χ4v) is 2.42. The molecule has 3 heteroatoms. The molecule has 0 amide bonds. The van der Waals surface area contributed by atoms with Gasteiger partial charge in [-0.25, -0.2) is 0 Å². The predicted octanol–water partition coefficient (Wildman–Crippen LogP) is 0.408. The maximum absolute atomic E-state index is 10.2. The average molecular weight is 171 g/mol. The van der Waals surface area contributed by atoms with Crippen molar-refractivity contribution >= 4 is 0 Å². The molecule has 0 aromatic rings. The minimum absolute atomic E-state index is 0.0693. The first kappa shape index (κ1) is 8.48. The van der Waals surface area contributed by atoms with E-state index < -0.39 is 5.60 Å². The van der Waals surface area contributed by atoms with Gasteiger partial charge >= 0.3 is 0 Å². The van der Waals surface area contributed by atoms with Crippen molar-refractivity contribution in [2.75, 3.05) is 6.54 Å². The maximum Gasteiger partial charge on any atom is 0.0921 e. The Labute approximate surface area is 72.9 Å². The standard InChI is InChI=1S/C9H17NO2/c10-6-5-9(11)4-3-7-1-2-8(9)12-7/h7-8,11H,1-6,10H2. The molecule has 0 aromatic carbocycles. The summed E-state index contributed by atoms with van der Waals surface area (Å²) in [5.74, 6) is 0. The summed E-state index contributed by atoms with van der Waals surface area (Å²) in [5.41, 5.74) is 4.85. The summed E-state index contributed by atoms with van der Waals surface area (Å²) in [4.78, 5) is 0. The zero-order valence-electron chi connectivity index (χ0n) is 7.33. The quantitative estimate of drug-likeness (QED) is 0.632. The number of ether oxygens (including phenoxy) is 1. The molecule has 3 nitrogen and oxygen atoms in total. The highest BCUT2D eigenvalue weighted by Gasteiger charge is 2.46. The van der Waals surface area contributed by atoms with Crippen LogP contribution in [0.4, 0.5) is 0 Å². The van der Waals surface area contributed by atoms with Crippen molar-refractivity contribution in [3.8, 4) is 0 Å². The van der Waals surface area contributed by atoms with Gasteiger partial charge in [0.2, 0.25) is 0 Å². The van der Waals surface area contributed by atoms with Crippen molar-refractivity contribution in [3.63, 3.8) is 0 Å². The summed E-state index contributed by atoms with van der Waals surface area (Å²) in [6.07, 6.45) is 5.20. The Bertz CT molecular complexity index is 174. The molecule has 12 heavy (non-hydrogen) atoms. The van der Waals surface area contributed by atoms with Crippen LogP contribution in [0.25, 0.3) is 0 Å². The third-order valence-corrected chi connectivity index (χ3v) is 3.18. The molecule has 2 aliphatic rings. The van der Waals surface area contributed by atoms with Gasteiger partial charge in [0, 0.05) is 0 Å². The molecule has 2 saturated heterocycles. The van der Waals surface area contributed by atoms with Crippen LogP contribution in [0.15, 0.2) is 0 Å². The predicted molar refractivity (Wildman–Crippen MR) is 45.8 cm³/mol. The van der Waals surface area contributed by atoms with Gasteiger partial charge in [-0.3, -0.25) is 0 Å². The van der Waals surface area contributed by atoms with Gasteiger partial charge in [-0.05, 0) is 38.6 Å². The molecule has 2 bridgehead atoms. The lowest BCUT2D eigenvalue weighted by molar-refractivity contribution is -0.145. The summed E-state index contributed by atoms with van der Waals surface area (Å²) >= 11 is 0. The molecule has 2 aliphatic heterocycles. The zero-order chi connectivity index (χ0) is 8.60. The van der Waals surface area contributed by atoms with E-state index in [1.165, 1.54) is 0 Å². The molecule has 0 saturated carbocycles. The van der Waals surface area contributed by atoms with Gasteiger partial charge in [-0.2, -0.15) is 0 Å². The van der Waals surface area contributed by atoms with E-state index in [4.69, 9.17) is 10.5 Å². The monoisotopic (exact) mass is 171 g/mol. The SMILES string of the molecule is NCCC1(O)CCC2CCC1O2. The highest BCUT2D eigenvalue weighted by Crippen LogP contribution is 2.40. The molecule has 0 aliphatic carbocycles. The second-order valence-electron chi connectivity index (χ2n) is 4.01. The summed E-state index contributed by atoms with van der Waals surface area (Å²) in [6, 6.07) is 0. The smallest absolute Gasteiger partial charge is 0.0921 e. The molecule has 3 unspecified atom stereocenters. The van der Waals surface area contributed by atoms with Crippen LogP contribution >= 0.6 is 0 Å². The molecule has 3 atom stereocenters. The van der Waals surface area contributed by atoms with Crippen molar-refractivity contribution in [1.82, 2.24) is 0 Å². The van der Waals surface area contributed by atoms with E-state index in [2.05, 4.69) is 0 Å². The Morgan fingerprint density at radius 3 is 3.00 bits per heavy atom. The minimum Gasteiger partial charge on any atom is -0.387 e. The van der Waals surface area contributed by atoms with Gasteiger partial charge in [-0.15, -0.1) is 0 Å². The maximum atomic E-state index is 10.2. The molecule has 3 N–H and O–H groups in total. The lowest BCUT2D eigenvalue weighted by Crippen LogP contribution is -2.47. The molecule has 2 rings (SSSR count). The summed E-state index contributed by atoms with van der Waals surface area (Å²) in [6.45, 7) is 0.557. The fraction of sp³-hybridized carbons (Fsp3) is 1.00. The number of aliphatic hydroxyl groups is 1. The highest BCUT2D eigenvalue weighted by atomic mass is 16.5. The molecule has 2 heterocycles. The van der Waals surface area contributed by atoms with Crippen molar-refractivity contribution in [3.05, 3.63) is 0 Å². The first-order valence-corrected chi connectivity index (χ1v) is 4.82. The second kappa shape index (κ2) is 2.98. The van der Waals surface area contributed by atoms with Crippen molar-refractivity contribution < 1.29 is 9.84 Å². The van der Waals surface area contributed by atoms with Crippen LogP contribution in [0.1, 0.15) is 32.1 Å². The van der Waals surface area contributed by atoms with Gasteiger partial charge in [-0.1, -0.05) is 0 Å². The Morgan fingerprint density at radius 2 is 2.25 bits per heavy atom. The lowest BCUT2D eigenvalue weighted by Gasteiger charge is -2.37. The molecule has 70 valence electrons. The van der Waals surface area contributed by atoms with Gasteiger partial charge in [0.15, 0.2) is 0 Å². The van der Waals surface area contributed by atoms with Crippen LogP contribution in [-0.4, -0.2) is 29.5 Å². The van der Waals surface area contributed by atoms with Crippen LogP contribution < -0.4 is 5.73 Å².